The van der Waals surface area contributed by atoms with Gasteiger partial charge in [0.25, 0.3) is 5.91 Å². The Bertz CT molecular complexity index is 1070. The van der Waals surface area contributed by atoms with Crippen LogP contribution in [-0.4, -0.2) is 36.4 Å². The number of halogens is 1. The van der Waals surface area contributed by atoms with Gasteiger partial charge in [-0.1, -0.05) is 12.1 Å². The second-order valence-corrected chi connectivity index (χ2v) is 6.65. The number of benzene rings is 2. The maximum absolute atomic E-state index is 13.6. The maximum Gasteiger partial charge on any atom is 0.255 e. The van der Waals surface area contributed by atoms with Crippen molar-refractivity contribution in [1.82, 2.24) is 15.5 Å². The molecule has 3 aromatic rings. The fourth-order valence-electron chi connectivity index (χ4n) is 3.06. The molecule has 1 fully saturated rings. The molecule has 0 bridgehead atoms. The molecule has 0 radical (unpaired) electrons. The van der Waals surface area contributed by atoms with Gasteiger partial charge in [0.2, 0.25) is 0 Å². The normalized spacial score (nSPS) is 13.8. The van der Waals surface area contributed by atoms with Crippen LogP contribution in [0.2, 0.25) is 0 Å². The number of carbonyl (C=O) groups is 1. The number of hydrogen-bond donors (Lipinski definition) is 2. The van der Waals surface area contributed by atoms with E-state index < -0.39 is 5.82 Å². The molecular formula is C21H20FN3O3. The van der Waals surface area contributed by atoms with Crippen molar-refractivity contribution in [2.45, 2.75) is 18.9 Å². The number of rotatable bonds is 6. The Hall–Kier alpha value is -3.35. The molecule has 0 unspecified atom stereocenters. The van der Waals surface area contributed by atoms with Crippen LogP contribution in [0.25, 0.3) is 23.1 Å². The highest BCUT2D eigenvalue weighted by molar-refractivity contribution is 6.05. The number of methoxy groups -OCH3 is 2. The Morgan fingerprint density at radius 1 is 1.21 bits per heavy atom. The Morgan fingerprint density at radius 3 is 2.75 bits per heavy atom. The van der Waals surface area contributed by atoms with E-state index in [1.54, 1.807) is 30.4 Å². The number of hydrogen-bond acceptors (Lipinski definition) is 4. The molecule has 0 atom stereocenters. The molecule has 4 rings (SSSR count). The fourth-order valence-corrected chi connectivity index (χ4v) is 3.06. The highest BCUT2D eigenvalue weighted by atomic mass is 19.1. The molecule has 144 valence electrons. The summed E-state index contributed by atoms with van der Waals surface area (Å²) in [5.74, 6) is 0.0740. The van der Waals surface area contributed by atoms with E-state index in [9.17, 15) is 9.18 Å². The summed E-state index contributed by atoms with van der Waals surface area (Å²) in [7, 11) is 2.96. The van der Waals surface area contributed by atoms with E-state index in [0.29, 0.717) is 17.0 Å². The third kappa shape index (κ3) is 3.43. The van der Waals surface area contributed by atoms with Crippen molar-refractivity contribution < 1.29 is 18.7 Å². The van der Waals surface area contributed by atoms with E-state index >= 15 is 0 Å². The van der Waals surface area contributed by atoms with Crippen LogP contribution in [0.1, 0.15) is 34.5 Å². The van der Waals surface area contributed by atoms with Gasteiger partial charge in [-0.05, 0) is 48.7 Å². The number of ether oxygens (including phenoxy) is 2. The van der Waals surface area contributed by atoms with Crippen LogP contribution < -0.4 is 14.8 Å². The number of fused-ring (bicyclic) bond motifs is 1. The number of aromatic amines is 1. The monoisotopic (exact) mass is 381 g/mol. The molecule has 1 aliphatic carbocycles. The Balaban J connectivity index is 1.72. The van der Waals surface area contributed by atoms with E-state index in [1.807, 2.05) is 6.07 Å². The van der Waals surface area contributed by atoms with Gasteiger partial charge in [-0.3, -0.25) is 9.89 Å². The standard InChI is InChI=1S/C21H20FN3O3/c1-27-18-11-12(3-8-15(18)22)4-9-16-19-17(25-24-16)10-7-14(20(19)28-2)21(26)23-13-5-6-13/h3-4,7-11,13H,5-6H2,1-2H3,(H,23,26)(H,24,25). The summed E-state index contributed by atoms with van der Waals surface area (Å²) in [5.41, 5.74) is 2.62. The average molecular weight is 381 g/mol. The number of nitrogens with zero attached hydrogens (tertiary/aromatic N) is 1. The number of nitrogens with one attached hydrogen (secondary N) is 2. The molecule has 0 spiro atoms. The van der Waals surface area contributed by atoms with Crippen molar-refractivity contribution in [1.29, 1.82) is 0 Å². The van der Waals surface area contributed by atoms with Gasteiger partial charge in [0, 0.05) is 6.04 Å². The second-order valence-electron chi connectivity index (χ2n) is 6.65. The topological polar surface area (TPSA) is 76.2 Å². The highest BCUT2D eigenvalue weighted by Crippen LogP contribution is 2.33. The van der Waals surface area contributed by atoms with Gasteiger partial charge >= 0.3 is 0 Å². The molecule has 1 saturated carbocycles. The maximum atomic E-state index is 13.6. The van der Waals surface area contributed by atoms with Gasteiger partial charge < -0.3 is 14.8 Å². The van der Waals surface area contributed by atoms with Crippen molar-refractivity contribution in [2.75, 3.05) is 14.2 Å². The van der Waals surface area contributed by atoms with Crippen LogP contribution in [0.4, 0.5) is 4.39 Å². The molecule has 0 saturated heterocycles. The van der Waals surface area contributed by atoms with E-state index in [2.05, 4.69) is 15.5 Å². The van der Waals surface area contributed by atoms with E-state index in [0.717, 1.165) is 29.3 Å². The molecule has 2 N–H and O–H groups in total. The SMILES string of the molecule is COc1cc(C=Cc2n[nH]c3ccc(C(=O)NC4CC4)c(OC)c23)ccc1F. The van der Waals surface area contributed by atoms with Gasteiger partial charge in [0.15, 0.2) is 11.6 Å². The second kappa shape index (κ2) is 7.34. The smallest absolute Gasteiger partial charge is 0.255 e. The van der Waals surface area contributed by atoms with Gasteiger partial charge in [-0.25, -0.2) is 4.39 Å². The highest BCUT2D eigenvalue weighted by Gasteiger charge is 2.26. The molecule has 2 aromatic carbocycles. The zero-order chi connectivity index (χ0) is 19.7. The minimum Gasteiger partial charge on any atom is -0.495 e. The van der Waals surface area contributed by atoms with Crippen molar-refractivity contribution >= 4 is 29.0 Å². The van der Waals surface area contributed by atoms with Crippen molar-refractivity contribution in [3.05, 3.63) is 53.0 Å². The lowest BCUT2D eigenvalue weighted by Gasteiger charge is -2.10. The minimum atomic E-state index is -0.419. The summed E-state index contributed by atoms with van der Waals surface area (Å²) < 4.78 is 24.2. The predicted octanol–water partition coefficient (Wildman–Crippen LogP) is 3.78. The molecular weight excluding hydrogens is 361 g/mol. The molecule has 6 nitrogen and oxygen atoms in total. The molecule has 7 heteroatoms. The molecule has 1 aromatic heterocycles. The first-order chi connectivity index (χ1) is 13.6. The number of carbonyl (C=O) groups excluding carboxylic acids is 1. The van der Waals surface area contributed by atoms with Crippen LogP contribution in [0.3, 0.4) is 0 Å². The Labute approximate surface area is 161 Å². The number of aromatic nitrogens is 2. The summed E-state index contributed by atoms with van der Waals surface area (Å²) in [6.07, 6.45) is 5.61. The van der Waals surface area contributed by atoms with Crippen molar-refractivity contribution in [3.63, 3.8) is 0 Å². The van der Waals surface area contributed by atoms with Gasteiger partial charge in [-0.15, -0.1) is 0 Å². The number of H-pyrrole nitrogens is 1. The third-order valence-electron chi connectivity index (χ3n) is 4.68. The number of amides is 1. The van der Waals surface area contributed by atoms with Gasteiger partial charge in [0.1, 0.15) is 5.75 Å². The Morgan fingerprint density at radius 2 is 2.04 bits per heavy atom. The van der Waals surface area contributed by atoms with E-state index in [-0.39, 0.29) is 17.7 Å². The van der Waals surface area contributed by atoms with Gasteiger partial charge in [0.05, 0.1) is 36.4 Å². The van der Waals surface area contributed by atoms with Crippen LogP contribution in [-0.2, 0) is 0 Å². The summed E-state index contributed by atoms with van der Waals surface area (Å²) in [6, 6.07) is 8.40. The zero-order valence-electron chi connectivity index (χ0n) is 15.6. The van der Waals surface area contributed by atoms with E-state index in [1.165, 1.54) is 20.3 Å². The molecule has 1 aliphatic rings. The van der Waals surface area contributed by atoms with Crippen LogP contribution in [0.5, 0.6) is 11.5 Å². The predicted molar refractivity (Wildman–Crippen MR) is 105 cm³/mol. The summed E-state index contributed by atoms with van der Waals surface area (Å²) in [5, 5.41) is 11.0. The lowest BCUT2D eigenvalue weighted by Crippen LogP contribution is -2.25. The van der Waals surface area contributed by atoms with E-state index in [4.69, 9.17) is 9.47 Å². The third-order valence-corrected chi connectivity index (χ3v) is 4.68. The quantitative estimate of drug-likeness (QED) is 0.681. The Kier molecular flexibility index (Phi) is 4.73. The first kappa shape index (κ1) is 18.0. The summed E-state index contributed by atoms with van der Waals surface area (Å²) in [6.45, 7) is 0. The zero-order valence-corrected chi connectivity index (χ0v) is 15.6. The average Bonchev–Trinajstić information content (AvgIpc) is 3.43. The van der Waals surface area contributed by atoms with Crippen LogP contribution in [0.15, 0.2) is 30.3 Å². The lowest BCUT2D eigenvalue weighted by atomic mass is 10.1. The summed E-state index contributed by atoms with van der Waals surface area (Å²) >= 11 is 0. The summed E-state index contributed by atoms with van der Waals surface area (Å²) in [4.78, 5) is 12.5. The minimum absolute atomic E-state index is 0.152. The molecule has 1 amide bonds. The van der Waals surface area contributed by atoms with Crippen LogP contribution >= 0.6 is 0 Å². The first-order valence-electron chi connectivity index (χ1n) is 8.98. The van der Waals surface area contributed by atoms with Gasteiger partial charge in [-0.2, -0.15) is 5.10 Å². The molecule has 28 heavy (non-hydrogen) atoms. The lowest BCUT2D eigenvalue weighted by molar-refractivity contribution is 0.0948. The van der Waals surface area contributed by atoms with Crippen molar-refractivity contribution in [2.24, 2.45) is 0 Å². The largest absolute Gasteiger partial charge is 0.495 e. The first-order valence-corrected chi connectivity index (χ1v) is 8.98. The molecule has 0 aliphatic heterocycles. The van der Waals surface area contributed by atoms with Crippen LogP contribution in [0, 0.1) is 5.82 Å². The van der Waals surface area contributed by atoms with Crippen molar-refractivity contribution in [3.8, 4) is 11.5 Å². The molecule has 1 heterocycles. The fraction of sp³-hybridized carbons (Fsp3) is 0.238.